The summed E-state index contributed by atoms with van der Waals surface area (Å²) < 4.78 is 11.7. The Labute approximate surface area is 135 Å². The summed E-state index contributed by atoms with van der Waals surface area (Å²) in [4.78, 5) is 4.50. The zero-order valence-electron chi connectivity index (χ0n) is 13.6. The lowest BCUT2D eigenvalue weighted by atomic mass is 10.1. The third kappa shape index (κ3) is 2.05. The van der Waals surface area contributed by atoms with E-state index in [4.69, 9.17) is 9.15 Å². The molecular weight excluding hydrogens is 288 g/mol. The van der Waals surface area contributed by atoms with Gasteiger partial charge in [-0.05, 0) is 26.0 Å². The second-order valence-corrected chi connectivity index (χ2v) is 5.79. The smallest absolute Gasteiger partial charge is 0.143 e. The van der Waals surface area contributed by atoms with Gasteiger partial charge in [0, 0.05) is 35.8 Å². The SMILES string of the molecule is CCN1C=CN(c2cc3oc4ccccc4c3cc2OC)[C@H]1C. The summed E-state index contributed by atoms with van der Waals surface area (Å²) in [6.45, 7) is 5.32. The number of para-hydroxylation sites is 1. The van der Waals surface area contributed by atoms with Gasteiger partial charge in [-0.15, -0.1) is 0 Å². The molecule has 0 unspecified atom stereocenters. The van der Waals surface area contributed by atoms with Crippen LogP contribution in [0.3, 0.4) is 0 Å². The number of nitrogens with zero attached hydrogens (tertiary/aromatic N) is 2. The molecule has 0 bridgehead atoms. The van der Waals surface area contributed by atoms with Crippen LogP contribution in [-0.4, -0.2) is 24.7 Å². The van der Waals surface area contributed by atoms with Crippen molar-refractivity contribution in [2.75, 3.05) is 18.6 Å². The number of hydrogen-bond acceptors (Lipinski definition) is 4. The predicted octanol–water partition coefficient (Wildman–Crippen LogP) is 4.55. The number of benzene rings is 2. The summed E-state index contributed by atoms with van der Waals surface area (Å²) in [5.41, 5.74) is 2.82. The molecule has 4 rings (SSSR count). The van der Waals surface area contributed by atoms with Crippen molar-refractivity contribution in [3.05, 3.63) is 48.8 Å². The molecule has 1 aliphatic rings. The Morgan fingerprint density at radius 1 is 1.09 bits per heavy atom. The van der Waals surface area contributed by atoms with Crippen LogP contribution in [0.15, 0.2) is 53.2 Å². The minimum Gasteiger partial charge on any atom is -0.495 e. The fourth-order valence-corrected chi connectivity index (χ4v) is 3.32. The van der Waals surface area contributed by atoms with Gasteiger partial charge in [-0.3, -0.25) is 0 Å². The van der Waals surface area contributed by atoms with Crippen LogP contribution in [0.1, 0.15) is 13.8 Å². The van der Waals surface area contributed by atoms with Crippen molar-refractivity contribution < 1.29 is 9.15 Å². The van der Waals surface area contributed by atoms with E-state index in [0.717, 1.165) is 39.9 Å². The third-order valence-electron chi connectivity index (χ3n) is 4.62. The molecule has 0 saturated heterocycles. The van der Waals surface area contributed by atoms with Crippen molar-refractivity contribution in [3.63, 3.8) is 0 Å². The van der Waals surface area contributed by atoms with Gasteiger partial charge >= 0.3 is 0 Å². The van der Waals surface area contributed by atoms with Crippen LogP contribution in [0.2, 0.25) is 0 Å². The molecule has 1 aromatic heterocycles. The fourth-order valence-electron chi connectivity index (χ4n) is 3.32. The maximum Gasteiger partial charge on any atom is 0.143 e. The lowest BCUT2D eigenvalue weighted by Gasteiger charge is -2.29. The molecule has 23 heavy (non-hydrogen) atoms. The van der Waals surface area contributed by atoms with Crippen molar-refractivity contribution in [3.8, 4) is 5.75 Å². The van der Waals surface area contributed by atoms with Gasteiger partial charge in [0.05, 0.1) is 12.8 Å². The first kappa shape index (κ1) is 14.0. The van der Waals surface area contributed by atoms with E-state index in [1.54, 1.807) is 7.11 Å². The number of rotatable bonds is 3. The van der Waals surface area contributed by atoms with Crippen LogP contribution in [-0.2, 0) is 0 Å². The first-order chi connectivity index (χ1) is 11.2. The summed E-state index contributed by atoms with van der Waals surface area (Å²) in [6, 6.07) is 12.3. The number of hydrogen-bond donors (Lipinski definition) is 0. The first-order valence-electron chi connectivity index (χ1n) is 7.94. The molecule has 4 nitrogen and oxygen atoms in total. The summed E-state index contributed by atoms with van der Waals surface area (Å²) in [5.74, 6) is 0.860. The van der Waals surface area contributed by atoms with Gasteiger partial charge in [-0.2, -0.15) is 0 Å². The maximum atomic E-state index is 6.02. The van der Waals surface area contributed by atoms with Gasteiger partial charge in [-0.1, -0.05) is 18.2 Å². The second-order valence-electron chi connectivity index (χ2n) is 5.79. The van der Waals surface area contributed by atoms with E-state index in [1.807, 2.05) is 18.2 Å². The molecule has 0 radical (unpaired) electrons. The highest BCUT2D eigenvalue weighted by Gasteiger charge is 2.25. The van der Waals surface area contributed by atoms with E-state index >= 15 is 0 Å². The van der Waals surface area contributed by atoms with Crippen molar-refractivity contribution in [2.45, 2.75) is 20.0 Å². The molecular formula is C19H20N2O2. The lowest BCUT2D eigenvalue weighted by molar-refractivity contribution is 0.332. The van der Waals surface area contributed by atoms with Crippen LogP contribution in [0.4, 0.5) is 5.69 Å². The normalized spacial score (nSPS) is 17.6. The average Bonchev–Trinajstić information content (AvgIpc) is 3.13. The highest BCUT2D eigenvalue weighted by Crippen LogP contribution is 2.40. The summed E-state index contributed by atoms with van der Waals surface area (Å²) in [5, 5.41) is 2.21. The average molecular weight is 308 g/mol. The summed E-state index contributed by atoms with van der Waals surface area (Å²) >= 11 is 0. The molecule has 0 N–H and O–H groups in total. The van der Waals surface area contributed by atoms with E-state index in [9.17, 15) is 0 Å². The van der Waals surface area contributed by atoms with Crippen molar-refractivity contribution in [1.82, 2.24) is 4.90 Å². The molecule has 118 valence electrons. The van der Waals surface area contributed by atoms with E-state index in [-0.39, 0.29) is 6.17 Å². The Kier molecular flexibility index (Phi) is 3.18. The molecule has 1 aliphatic heterocycles. The summed E-state index contributed by atoms with van der Waals surface area (Å²) in [7, 11) is 1.72. The van der Waals surface area contributed by atoms with Gasteiger partial charge in [0.2, 0.25) is 0 Å². The largest absolute Gasteiger partial charge is 0.495 e. The van der Waals surface area contributed by atoms with E-state index in [1.165, 1.54) is 0 Å². The fraction of sp³-hybridized carbons (Fsp3) is 0.263. The second kappa shape index (κ2) is 5.23. The molecule has 1 atom stereocenters. The van der Waals surface area contributed by atoms with Gasteiger partial charge in [-0.25, -0.2) is 0 Å². The number of ether oxygens (including phenoxy) is 1. The Morgan fingerprint density at radius 2 is 1.91 bits per heavy atom. The number of fused-ring (bicyclic) bond motifs is 3. The molecule has 0 amide bonds. The molecule has 0 saturated carbocycles. The van der Waals surface area contributed by atoms with E-state index < -0.39 is 0 Å². The van der Waals surface area contributed by atoms with E-state index in [2.05, 4.69) is 54.2 Å². The monoisotopic (exact) mass is 308 g/mol. The Hall–Kier alpha value is -2.62. The minimum atomic E-state index is 0.260. The molecule has 2 aromatic carbocycles. The van der Waals surface area contributed by atoms with Gasteiger partial charge in [0.15, 0.2) is 0 Å². The van der Waals surface area contributed by atoms with Crippen LogP contribution < -0.4 is 9.64 Å². The Balaban J connectivity index is 1.90. The minimum absolute atomic E-state index is 0.260. The van der Waals surface area contributed by atoms with Gasteiger partial charge in [0.25, 0.3) is 0 Å². The molecule has 0 spiro atoms. The quantitative estimate of drug-likeness (QED) is 0.709. The molecule has 0 fully saturated rings. The summed E-state index contributed by atoms with van der Waals surface area (Å²) in [6.07, 6.45) is 4.48. The molecule has 3 aromatic rings. The highest BCUT2D eigenvalue weighted by molar-refractivity contribution is 6.06. The van der Waals surface area contributed by atoms with E-state index in [0.29, 0.717) is 0 Å². The lowest BCUT2D eigenvalue weighted by Crippen LogP contribution is -2.35. The molecule has 2 heterocycles. The number of anilines is 1. The van der Waals surface area contributed by atoms with Crippen molar-refractivity contribution in [1.29, 1.82) is 0 Å². The topological polar surface area (TPSA) is 28.9 Å². The standard InChI is InChI=1S/C19H20N2O2/c1-4-20-9-10-21(13(20)2)16-12-18-15(11-19(16)22-3)14-7-5-6-8-17(14)23-18/h5-13H,4H2,1-3H3/t13-/m0/s1. The van der Waals surface area contributed by atoms with Gasteiger partial charge < -0.3 is 19.0 Å². The van der Waals surface area contributed by atoms with Crippen molar-refractivity contribution in [2.24, 2.45) is 0 Å². The van der Waals surface area contributed by atoms with Crippen molar-refractivity contribution >= 4 is 27.6 Å². The Bertz CT molecular complexity index is 897. The predicted molar refractivity (Wildman–Crippen MR) is 93.7 cm³/mol. The number of furan rings is 1. The zero-order valence-corrected chi connectivity index (χ0v) is 13.6. The Morgan fingerprint density at radius 3 is 2.65 bits per heavy atom. The third-order valence-corrected chi connectivity index (χ3v) is 4.62. The molecule has 0 aliphatic carbocycles. The zero-order chi connectivity index (χ0) is 16.0. The highest BCUT2D eigenvalue weighted by atomic mass is 16.5. The molecule has 4 heteroatoms. The van der Waals surface area contributed by atoms with Gasteiger partial charge in [0.1, 0.15) is 23.1 Å². The van der Waals surface area contributed by atoms with Crippen LogP contribution in [0.25, 0.3) is 21.9 Å². The van der Waals surface area contributed by atoms with Crippen LogP contribution in [0, 0.1) is 0 Å². The first-order valence-corrected chi connectivity index (χ1v) is 7.94. The maximum absolute atomic E-state index is 6.02. The number of methoxy groups -OCH3 is 1. The van der Waals surface area contributed by atoms with Crippen LogP contribution >= 0.6 is 0 Å². The van der Waals surface area contributed by atoms with Crippen LogP contribution in [0.5, 0.6) is 5.75 Å².